The van der Waals surface area contributed by atoms with Gasteiger partial charge in [-0.3, -0.25) is 4.79 Å². The second-order valence-corrected chi connectivity index (χ2v) is 5.35. The average Bonchev–Trinajstić information content (AvgIpc) is 2.88. The van der Waals surface area contributed by atoms with Crippen molar-refractivity contribution in [3.8, 4) is 0 Å². The van der Waals surface area contributed by atoms with Crippen molar-refractivity contribution < 1.29 is 4.79 Å². The molecule has 2 heterocycles. The predicted molar refractivity (Wildman–Crippen MR) is 75.5 cm³/mol. The molecule has 5 nitrogen and oxygen atoms in total. The number of fused-ring (bicyclic) bond motifs is 1. The predicted octanol–water partition coefficient (Wildman–Crippen LogP) is 1.88. The van der Waals surface area contributed by atoms with Gasteiger partial charge < -0.3 is 15.2 Å². The van der Waals surface area contributed by atoms with E-state index in [4.69, 9.17) is 5.73 Å². The summed E-state index contributed by atoms with van der Waals surface area (Å²) in [5.74, 6) is 0.934. The summed E-state index contributed by atoms with van der Waals surface area (Å²) < 4.78 is 2.82. The van der Waals surface area contributed by atoms with E-state index in [0.717, 1.165) is 16.8 Å². The Morgan fingerprint density at radius 3 is 3.00 bits per heavy atom. The van der Waals surface area contributed by atoms with Gasteiger partial charge in [0.1, 0.15) is 5.82 Å². The Morgan fingerprint density at radius 1 is 1.37 bits per heavy atom. The van der Waals surface area contributed by atoms with Crippen molar-refractivity contribution in [2.24, 2.45) is 0 Å². The van der Waals surface area contributed by atoms with Gasteiger partial charge in [0.05, 0.1) is 6.54 Å². The van der Waals surface area contributed by atoms with Crippen LogP contribution in [-0.2, 0) is 13.1 Å². The molecule has 3 rings (SSSR count). The molecule has 0 spiro atoms. The normalized spacial score (nSPS) is 14.3. The summed E-state index contributed by atoms with van der Waals surface area (Å²) in [5, 5.41) is 0. The van der Waals surface area contributed by atoms with Gasteiger partial charge in [-0.05, 0) is 34.1 Å². The lowest BCUT2D eigenvalue weighted by Crippen LogP contribution is -2.38. The van der Waals surface area contributed by atoms with Crippen molar-refractivity contribution in [2.45, 2.75) is 13.1 Å². The van der Waals surface area contributed by atoms with Gasteiger partial charge in [0, 0.05) is 41.2 Å². The third-order valence-corrected chi connectivity index (χ3v) is 3.97. The van der Waals surface area contributed by atoms with Crippen LogP contribution in [-0.4, -0.2) is 26.9 Å². The summed E-state index contributed by atoms with van der Waals surface area (Å²) in [4.78, 5) is 18.5. The first-order valence-electron chi connectivity index (χ1n) is 5.99. The fourth-order valence-electron chi connectivity index (χ4n) is 2.19. The van der Waals surface area contributed by atoms with Crippen LogP contribution in [0.1, 0.15) is 16.2 Å². The van der Waals surface area contributed by atoms with Crippen molar-refractivity contribution in [2.75, 3.05) is 12.3 Å². The van der Waals surface area contributed by atoms with E-state index in [9.17, 15) is 4.79 Å². The highest BCUT2D eigenvalue weighted by atomic mass is 79.9. The standard InChI is InChI=1S/C13H13BrN4O/c14-10-7-9(1-2-11(10)15)13(19)18-6-5-17-4-3-16-12(17)8-18/h1-4,7H,5-6,8,15H2. The first kappa shape index (κ1) is 12.2. The molecule has 2 aromatic rings. The van der Waals surface area contributed by atoms with Crippen molar-refractivity contribution >= 4 is 27.5 Å². The van der Waals surface area contributed by atoms with Crippen LogP contribution >= 0.6 is 15.9 Å². The number of aromatic nitrogens is 2. The number of rotatable bonds is 1. The van der Waals surface area contributed by atoms with Crippen LogP contribution in [0, 0.1) is 0 Å². The summed E-state index contributed by atoms with van der Waals surface area (Å²) in [6, 6.07) is 5.25. The third-order valence-electron chi connectivity index (χ3n) is 3.28. The van der Waals surface area contributed by atoms with E-state index < -0.39 is 0 Å². The van der Waals surface area contributed by atoms with E-state index in [1.54, 1.807) is 29.3 Å². The number of carbonyl (C=O) groups excluding carboxylic acids is 1. The molecule has 1 aromatic heterocycles. The average molecular weight is 321 g/mol. The van der Waals surface area contributed by atoms with Crippen molar-refractivity contribution in [3.63, 3.8) is 0 Å². The minimum atomic E-state index is 0.00921. The molecule has 2 N–H and O–H groups in total. The van der Waals surface area contributed by atoms with Gasteiger partial charge in [-0.15, -0.1) is 0 Å². The Morgan fingerprint density at radius 2 is 2.21 bits per heavy atom. The molecular formula is C13H13BrN4O. The zero-order valence-electron chi connectivity index (χ0n) is 10.2. The second-order valence-electron chi connectivity index (χ2n) is 4.50. The molecule has 0 atom stereocenters. The van der Waals surface area contributed by atoms with Crippen LogP contribution < -0.4 is 5.73 Å². The maximum atomic E-state index is 12.4. The molecule has 1 aromatic carbocycles. The molecule has 98 valence electrons. The van der Waals surface area contributed by atoms with Gasteiger partial charge in [-0.25, -0.2) is 4.98 Å². The van der Waals surface area contributed by atoms with Crippen LogP contribution in [0.3, 0.4) is 0 Å². The van der Waals surface area contributed by atoms with Gasteiger partial charge >= 0.3 is 0 Å². The zero-order chi connectivity index (χ0) is 13.4. The quantitative estimate of drug-likeness (QED) is 0.816. The summed E-state index contributed by atoms with van der Waals surface area (Å²) in [7, 11) is 0. The van der Waals surface area contributed by atoms with E-state index in [1.807, 2.05) is 6.20 Å². The van der Waals surface area contributed by atoms with Crippen LogP contribution in [0.15, 0.2) is 35.1 Å². The molecular weight excluding hydrogens is 308 g/mol. The number of halogens is 1. The highest BCUT2D eigenvalue weighted by molar-refractivity contribution is 9.10. The van der Waals surface area contributed by atoms with Gasteiger partial charge in [-0.1, -0.05) is 0 Å². The Hall–Kier alpha value is -1.82. The monoisotopic (exact) mass is 320 g/mol. The smallest absolute Gasteiger partial charge is 0.254 e. The molecule has 0 saturated heterocycles. The minimum Gasteiger partial charge on any atom is -0.398 e. The Labute approximate surface area is 119 Å². The molecule has 0 saturated carbocycles. The van der Waals surface area contributed by atoms with Crippen molar-refractivity contribution in [1.29, 1.82) is 0 Å². The van der Waals surface area contributed by atoms with E-state index in [0.29, 0.717) is 24.3 Å². The third kappa shape index (κ3) is 2.23. The molecule has 0 bridgehead atoms. The number of hydrogen-bond donors (Lipinski definition) is 1. The van der Waals surface area contributed by atoms with Crippen LogP contribution in [0.5, 0.6) is 0 Å². The number of nitrogen functional groups attached to an aromatic ring is 1. The molecule has 0 radical (unpaired) electrons. The van der Waals surface area contributed by atoms with Crippen LogP contribution in [0.4, 0.5) is 5.69 Å². The van der Waals surface area contributed by atoms with Gasteiger partial charge in [0.15, 0.2) is 0 Å². The summed E-state index contributed by atoms with van der Waals surface area (Å²) in [6.07, 6.45) is 3.71. The fraction of sp³-hybridized carbons (Fsp3) is 0.231. The fourth-order valence-corrected chi connectivity index (χ4v) is 2.57. The first-order chi connectivity index (χ1) is 9.15. The summed E-state index contributed by atoms with van der Waals surface area (Å²) in [5.41, 5.74) is 7.00. The van der Waals surface area contributed by atoms with E-state index in [-0.39, 0.29) is 5.91 Å². The van der Waals surface area contributed by atoms with Gasteiger partial charge in [-0.2, -0.15) is 0 Å². The van der Waals surface area contributed by atoms with E-state index in [1.165, 1.54) is 0 Å². The number of benzene rings is 1. The lowest BCUT2D eigenvalue weighted by molar-refractivity contribution is 0.0707. The zero-order valence-corrected chi connectivity index (χ0v) is 11.8. The van der Waals surface area contributed by atoms with E-state index >= 15 is 0 Å². The second kappa shape index (κ2) is 4.70. The molecule has 0 fully saturated rings. The molecule has 1 aliphatic heterocycles. The van der Waals surface area contributed by atoms with E-state index in [2.05, 4.69) is 25.5 Å². The minimum absolute atomic E-state index is 0.00921. The molecule has 6 heteroatoms. The number of nitrogens with two attached hydrogens (primary N) is 1. The number of amides is 1. The van der Waals surface area contributed by atoms with Crippen LogP contribution in [0.2, 0.25) is 0 Å². The number of anilines is 1. The number of nitrogens with zero attached hydrogens (tertiary/aromatic N) is 3. The highest BCUT2D eigenvalue weighted by Gasteiger charge is 2.22. The van der Waals surface area contributed by atoms with Crippen molar-refractivity contribution in [1.82, 2.24) is 14.5 Å². The molecule has 1 amide bonds. The van der Waals surface area contributed by atoms with Gasteiger partial charge in [0.2, 0.25) is 0 Å². The van der Waals surface area contributed by atoms with Crippen LogP contribution in [0.25, 0.3) is 0 Å². The summed E-state index contributed by atoms with van der Waals surface area (Å²) >= 11 is 3.35. The number of carbonyl (C=O) groups is 1. The first-order valence-corrected chi connectivity index (χ1v) is 6.79. The number of hydrogen-bond acceptors (Lipinski definition) is 3. The molecule has 1 aliphatic rings. The largest absolute Gasteiger partial charge is 0.398 e. The SMILES string of the molecule is Nc1ccc(C(=O)N2CCn3ccnc3C2)cc1Br. The maximum Gasteiger partial charge on any atom is 0.254 e. The highest BCUT2D eigenvalue weighted by Crippen LogP contribution is 2.22. The maximum absolute atomic E-state index is 12.4. The summed E-state index contributed by atoms with van der Waals surface area (Å²) in [6.45, 7) is 2.04. The Balaban J connectivity index is 1.83. The number of imidazole rings is 1. The lowest BCUT2D eigenvalue weighted by atomic mass is 10.1. The molecule has 0 aliphatic carbocycles. The lowest BCUT2D eigenvalue weighted by Gasteiger charge is -2.27. The molecule has 19 heavy (non-hydrogen) atoms. The molecule has 0 unspecified atom stereocenters. The Bertz CT molecular complexity index is 637. The topological polar surface area (TPSA) is 64.2 Å². The van der Waals surface area contributed by atoms with Gasteiger partial charge in [0.25, 0.3) is 5.91 Å². The Kier molecular flexibility index (Phi) is 3.02. The van der Waals surface area contributed by atoms with Crippen molar-refractivity contribution in [3.05, 3.63) is 46.5 Å².